The summed E-state index contributed by atoms with van der Waals surface area (Å²) in [6.07, 6.45) is 6.21. The Labute approximate surface area is 216 Å². The Hall–Kier alpha value is -3.16. The maximum Gasteiger partial charge on any atom is 0.235 e. The van der Waals surface area contributed by atoms with E-state index in [2.05, 4.69) is 56.9 Å². The smallest absolute Gasteiger partial charge is 0.235 e. The van der Waals surface area contributed by atoms with Crippen molar-refractivity contribution >= 4 is 62.4 Å². The first-order valence-electron chi connectivity index (χ1n) is 11.0. The molecule has 4 nitrogen and oxygen atoms in total. The Morgan fingerprint density at radius 3 is 2.40 bits per heavy atom. The molecular weight excluding hydrogens is 527 g/mol. The number of hydrogen-bond donors (Lipinski definition) is 2. The topological polar surface area (TPSA) is 58.2 Å². The number of carbonyl (C=O) groups is 2. The van der Waals surface area contributed by atoms with Gasteiger partial charge in [-0.25, -0.2) is 4.39 Å². The van der Waals surface area contributed by atoms with Crippen LogP contribution in [0.4, 0.5) is 10.1 Å². The van der Waals surface area contributed by atoms with Crippen molar-refractivity contribution in [2.24, 2.45) is 0 Å². The molecule has 0 bridgehead atoms. The fourth-order valence-electron chi connectivity index (χ4n) is 3.86. The third-order valence-corrected chi connectivity index (χ3v) is 6.86. The lowest BCUT2D eigenvalue weighted by molar-refractivity contribution is -0.120. The van der Waals surface area contributed by atoms with Gasteiger partial charge in [-0.1, -0.05) is 46.3 Å². The van der Waals surface area contributed by atoms with E-state index in [1.807, 2.05) is 24.5 Å². The highest BCUT2D eigenvalue weighted by Gasteiger charge is 2.21. The highest BCUT2D eigenvalue weighted by atomic mass is 79.9. The van der Waals surface area contributed by atoms with Crippen LogP contribution >= 0.6 is 27.7 Å². The first kappa shape index (κ1) is 24.9. The van der Waals surface area contributed by atoms with Crippen molar-refractivity contribution in [1.29, 1.82) is 0 Å². The molecule has 1 aliphatic carbocycles. The van der Waals surface area contributed by atoms with Crippen LogP contribution in [0.2, 0.25) is 0 Å². The van der Waals surface area contributed by atoms with Crippen LogP contribution in [0.15, 0.2) is 77.7 Å². The number of rotatable bonds is 8. The average Bonchev–Trinajstić information content (AvgIpc) is 3.19. The number of fused-ring (bicyclic) bond motifs is 1. The van der Waals surface area contributed by atoms with Crippen LogP contribution < -0.4 is 10.6 Å². The summed E-state index contributed by atoms with van der Waals surface area (Å²) in [5.41, 5.74) is 6.07. The molecule has 0 saturated heterocycles. The van der Waals surface area contributed by atoms with Crippen molar-refractivity contribution in [2.45, 2.75) is 17.9 Å². The molecule has 0 fully saturated rings. The molecule has 4 rings (SSSR count). The summed E-state index contributed by atoms with van der Waals surface area (Å²) in [7, 11) is 0. The van der Waals surface area contributed by atoms with Gasteiger partial charge in [0, 0.05) is 17.1 Å². The molecule has 0 unspecified atom stereocenters. The summed E-state index contributed by atoms with van der Waals surface area (Å²) >= 11 is 4.80. The number of amides is 2. The van der Waals surface area contributed by atoms with Crippen LogP contribution in [0.25, 0.3) is 17.2 Å². The number of hydrogen-bond acceptors (Lipinski definition) is 3. The van der Waals surface area contributed by atoms with Gasteiger partial charge in [-0.2, -0.15) is 0 Å². The Morgan fingerprint density at radius 2 is 1.71 bits per heavy atom. The molecule has 3 aromatic carbocycles. The predicted octanol–water partition coefficient (Wildman–Crippen LogP) is 6.53. The van der Waals surface area contributed by atoms with Crippen LogP contribution in [0.1, 0.15) is 28.7 Å². The molecular formula is C28H24BrFN2O2S. The lowest BCUT2D eigenvalue weighted by Crippen LogP contribution is -2.22. The van der Waals surface area contributed by atoms with Crippen molar-refractivity contribution in [3.05, 3.63) is 101 Å². The van der Waals surface area contributed by atoms with Crippen molar-refractivity contribution in [2.75, 3.05) is 16.9 Å². The zero-order chi connectivity index (χ0) is 24.8. The van der Waals surface area contributed by atoms with Crippen LogP contribution in [-0.4, -0.2) is 23.4 Å². The van der Waals surface area contributed by atoms with Gasteiger partial charge in [-0.15, -0.1) is 11.8 Å². The van der Waals surface area contributed by atoms with E-state index in [1.54, 1.807) is 30.0 Å². The van der Waals surface area contributed by atoms with E-state index in [0.29, 0.717) is 12.2 Å². The Balaban J connectivity index is 1.45. The average molecular weight is 551 g/mol. The van der Waals surface area contributed by atoms with Crippen LogP contribution in [0, 0.1) is 5.82 Å². The van der Waals surface area contributed by atoms with Crippen LogP contribution in [0.5, 0.6) is 0 Å². The number of nitrogens with one attached hydrogen (secondary N) is 2. The lowest BCUT2D eigenvalue weighted by Gasteiger charge is -2.09. The highest BCUT2D eigenvalue weighted by Crippen LogP contribution is 2.38. The van der Waals surface area contributed by atoms with Crippen molar-refractivity contribution < 1.29 is 14.0 Å². The quantitative estimate of drug-likeness (QED) is 0.248. The van der Waals surface area contributed by atoms with E-state index in [-0.39, 0.29) is 29.4 Å². The van der Waals surface area contributed by atoms with E-state index in [0.717, 1.165) is 33.4 Å². The monoisotopic (exact) mass is 550 g/mol. The van der Waals surface area contributed by atoms with Gasteiger partial charge in [0.25, 0.3) is 0 Å². The van der Waals surface area contributed by atoms with E-state index in [9.17, 15) is 14.0 Å². The van der Waals surface area contributed by atoms with Gasteiger partial charge in [-0.3, -0.25) is 9.59 Å². The van der Waals surface area contributed by atoms with E-state index in [4.69, 9.17) is 0 Å². The Bertz CT molecular complexity index is 1300. The zero-order valence-electron chi connectivity index (χ0n) is 19.1. The summed E-state index contributed by atoms with van der Waals surface area (Å²) in [5.74, 6) is -0.598. The molecule has 3 aromatic rings. The number of benzene rings is 3. The normalized spacial score (nSPS) is 13.3. The number of thioether (sulfide) groups is 1. The van der Waals surface area contributed by atoms with Crippen LogP contribution in [-0.2, 0) is 16.1 Å². The van der Waals surface area contributed by atoms with Crippen molar-refractivity contribution in [3.63, 3.8) is 0 Å². The second-order valence-corrected chi connectivity index (χ2v) is 9.50. The summed E-state index contributed by atoms with van der Waals surface area (Å²) in [5, 5.41) is 5.92. The summed E-state index contributed by atoms with van der Waals surface area (Å²) < 4.78 is 14.0. The minimum Gasteiger partial charge on any atom is -0.352 e. The molecule has 0 spiro atoms. The largest absolute Gasteiger partial charge is 0.352 e. The van der Waals surface area contributed by atoms with E-state index < -0.39 is 0 Å². The maximum atomic E-state index is 14.0. The van der Waals surface area contributed by atoms with Crippen LogP contribution in [0.3, 0.4) is 0 Å². The van der Waals surface area contributed by atoms with Gasteiger partial charge in [0.15, 0.2) is 0 Å². The molecule has 0 radical (unpaired) electrons. The second kappa shape index (κ2) is 11.5. The Morgan fingerprint density at radius 1 is 0.971 bits per heavy atom. The highest BCUT2D eigenvalue weighted by molar-refractivity contribution is 9.09. The zero-order valence-corrected chi connectivity index (χ0v) is 21.5. The molecule has 178 valence electrons. The van der Waals surface area contributed by atoms with Crippen molar-refractivity contribution in [1.82, 2.24) is 5.32 Å². The molecule has 0 saturated carbocycles. The molecule has 2 amide bonds. The minimum absolute atomic E-state index is 0.127. The van der Waals surface area contributed by atoms with Gasteiger partial charge in [-0.05, 0) is 88.2 Å². The lowest BCUT2D eigenvalue weighted by atomic mass is 10.0. The number of carbonyl (C=O) groups excluding carboxylic acids is 2. The third-order valence-electron chi connectivity index (χ3n) is 5.61. The van der Waals surface area contributed by atoms with E-state index >= 15 is 0 Å². The summed E-state index contributed by atoms with van der Waals surface area (Å²) in [6, 6.07) is 20.2. The Kier molecular flexibility index (Phi) is 8.21. The molecule has 35 heavy (non-hydrogen) atoms. The number of anilines is 1. The molecule has 7 heteroatoms. The van der Waals surface area contributed by atoms with Gasteiger partial charge >= 0.3 is 0 Å². The second-order valence-electron chi connectivity index (χ2n) is 8.06. The molecule has 0 atom stereocenters. The molecule has 0 aromatic heterocycles. The summed E-state index contributed by atoms with van der Waals surface area (Å²) in [6.45, 7) is 0.360. The first-order valence-corrected chi connectivity index (χ1v) is 13.4. The van der Waals surface area contributed by atoms with Crippen molar-refractivity contribution in [3.8, 4) is 0 Å². The fraction of sp³-hybridized carbons (Fsp3) is 0.143. The summed E-state index contributed by atoms with van der Waals surface area (Å²) in [4.78, 5) is 25.4. The van der Waals surface area contributed by atoms with Gasteiger partial charge in [0.05, 0.1) is 11.8 Å². The number of halogens is 2. The van der Waals surface area contributed by atoms with Gasteiger partial charge in [0.1, 0.15) is 5.82 Å². The molecule has 0 heterocycles. The number of allylic oxidation sites excluding steroid dienone is 2. The van der Waals surface area contributed by atoms with Gasteiger partial charge in [0.2, 0.25) is 11.8 Å². The third kappa shape index (κ3) is 6.50. The molecule has 2 N–H and O–H groups in total. The molecule has 1 aliphatic rings. The number of alkyl halides is 1. The SMILES string of the molecule is CSc1ccc(/C=C2\C=C(CC(=O)NCc3ccc(NC(=O)CBr)cc3)c3cc(F)ccc32)cc1. The standard InChI is InChI=1S/C28H24BrFN2O2S/c1-35-24-9-4-18(5-10-24)12-20-13-21(26-15-22(30)6-11-25(20)26)14-27(33)31-17-19-2-7-23(8-3-19)32-28(34)16-29/h2-13,15H,14,16-17H2,1H3,(H,31,33)(H,32,34)/b20-12+. The first-order chi connectivity index (χ1) is 16.9. The minimum atomic E-state index is -0.326. The molecule has 0 aliphatic heterocycles. The predicted molar refractivity (Wildman–Crippen MR) is 146 cm³/mol. The maximum absolute atomic E-state index is 14.0. The van der Waals surface area contributed by atoms with E-state index in [1.165, 1.54) is 17.0 Å². The fourth-order valence-corrected chi connectivity index (χ4v) is 4.41. The van der Waals surface area contributed by atoms with Gasteiger partial charge < -0.3 is 10.6 Å².